The van der Waals surface area contributed by atoms with Crippen LogP contribution >= 0.6 is 15.9 Å². The summed E-state index contributed by atoms with van der Waals surface area (Å²) in [7, 11) is 0. The van der Waals surface area contributed by atoms with E-state index in [-0.39, 0.29) is 5.69 Å². The number of para-hydroxylation sites is 1. The molecule has 0 fully saturated rings. The van der Waals surface area contributed by atoms with Crippen LogP contribution in [0.4, 0.5) is 0 Å². The Hall–Kier alpha value is -2.21. The molecule has 0 atom stereocenters. The minimum atomic E-state index is -1.03. The topological polar surface area (TPSA) is 68.0 Å². The summed E-state index contributed by atoms with van der Waals surface area (Å²) in [6, 6.07) is 7.66. The van der Waals surface area contributed by atoms with Crippen LogP contribution in [0.25, 0.3) is 16.6 Å². The number of benzene rings is 1. The number of pyridine rings is 1. The van der Waals surface area contributed by atoms with Crippen LogP contribution < -0.4 is 0 Å². The van der Waals surface area contributed by atoms with Crippen molar-refractivity contribution in [2.45, 2.75) is 6.92 Å². The molecule has 20 heavy (non-hydrogen) atoms. The lowest BCUT2D eigenvalue weighted by molar-refractivity contribution is 0.0689. The van der Waals surface area contributed by atoms with Crippen molar-refractivity contribution < 1.29 is 9.90 Å². The molecule has 3 rings (SSSR count). The van der Waals surface area contributed by atoms with Gasteiger partial charge in [-0.2, -0.15) is 5.10 Å². The highest BCUT2D eigenvalue weighted by Gasteiger charge is 2.14. The van der Waals surface area contributed by atoms with Gasteiger partial charge in [0, 0.05) is 27.8 Å². The third-order valence-corrected chi connectivity index (χ3v) is 3.44. The van der Waals surface area contributed by atoms with Crippen molar-refractivity contribution in [1.82, 2.24) is 14.8 Å². The molecule has 0 aliphatic heterocycles. The predicted molar refractivity (Wildman–Crippen MR) is 78.3 cm³/mol. The zero-order valence-electron chi connectivity index (χ0n) is 10.5. The van der Waals surface area contributed by atoms with Gasteiger partial charge in [-0.15, -0.1) is 0 Å². The van der Waals surface area contributed by atoms with Crippen molar-refractivity contribution in [2.24, 2.45) is 0 Å². The average molecular weight is 332 g/mol. The van der Waals surface area contributed by atoms with Crippen LogP contribution in [0.5, 0.6) is 0 Å². The highest BCUT2D eigenvalue weighted by atomic mass is 79.9. The third-order valence-electron chi connectivity index (χ3n) is 3.00. The lowest BCUT2D eigenvalue weighted by atomic mass is 10.2. The lowest BCUT2D eigenvalue weighted by Gasteiger charge is -2.05. The van der Waals surface area contributed by atoms with Crippen molar-refractivity contribution in [2.75, 3.05) is 0 Å². The number of halogens is 1. The van der Waals surface area contributed by atoms with E-state index in [1.54, 1.807) is 24.0 Å². The first-order valence-corrected chi connectivity index (χ1v) is 6.70. The standard InChI is InChI=1S/C14H10BrN3O2/c1-8-7-18(17-12(8)14(19)20)11-4-2-3-9-5-10(15)6-16-13(9)11/h2-7H,1H3,(H,19,20). The summed E-state index contributed by atoms with van der Waals surface area (Å²) in [6.07, 6.45) is 3.41. The minimum Gasteiger partial charge on any atom is -0.476 e. The molecule has 0 amide bonds. The first-order valence-electron chi connectivity index (χ1n) is 5.90. The van der Waals surface area contributed by atoms with E-state index in [1.807, 2.05) is 24.3 Å². The lowest BCUT2D eigenvalue weighted by Crippen LogP contribution is -2.02. The van der Waals surface area contributed by atoms with Gasteiger partial charge < -0.3 is 5.11 Å². The minimum absolute atomic E-state index is 0.0547. The number of aryl methyl sites for hydroxylation is 1. The van der Waals surface area contributed by atoms with E-state index < -0.39 is 5.97 Å². The molecule has 100 valence electrons. The van der Waals surface area contributed by atoms with E-state index in [9.17, 15) is 4.79 Å². The number of nitrogens with zero attached hydrogens (tertiary/aromatic N) is 3. The second-order valence-corrected chi connectivity index (χ2v) is 5.33. The summed E-state index contributed by atoms with van der Waals surface area (Å²) >= 11 is 3.39. The number of aromatic nitrogens is 3. The number of fused-ring (bicyclic) bond motifs is 1. The molecule has 0 aliphatic carbocycles. The molecule has 0 saturated heterocycles. The van der Waals surface area contributed by atoms with Crippen LogP contribution in [-0.4, -0.2) is 25.8 Å². The summed E-state index contributed by atoms with van der Waals surface area (Å²) in [5.41, 5.74) is 2.20. The van der Waals surface area contributed by atoms with Gasteiger partial charge in [-0.05, 0) is 35.0 Å². The number of carboxylic acid groups (broad SMARTS) is 1. The van der Waals surface area contributed by atoms with Gasteiger partial charge in [0.15, 0.2) is 5.69 Å². The van der Waals surface area contributed by atoms with Crippen molar-refractivity contribution in [3.63, 3.8) is 0 Å². The van der Waals surface area contributed by atoms with Gasteiger partial charge in [0.25, 0.3) is 0 Å². The molecule has 0 spiro atoms. The molecule has 2 heterocycles. The SMILES string of the molecule is Cc1cn(-c2cccc3cc(Br)cnc23)nc1C(=O)O. The second-order valence-electron chi connectivity index (χ2n) is 4.41. The van der Waals surface area contributed by atoms with Crippen molar-refractivity contribution >= 4 is 32.8 Å². The molecule has 5 nitrogen and oxygen atoms in total. The highest BCUT2D eigenvalue weighted by Crippen LogP contribution is 2.23. The molecule has 6 heteroatoms. The fourth-order valence-electron chi connectivity index (χ4n) is 2.10. The van der Waals surface area contributed by atoms with Crippen LogP contribution in [-0.2, 0) is 0 Å². The van der Waals surface area contributed by atoms with E-state index in [0.717, 1.165) is 21.1 Å². The maximum Gasteiger partial charge on any atom is 0.356 e. The molecule has 0 bridgehead atoms. The van der Waals surface area contributed by atoms with E-state index in [4.69, 9.17) is 5.11 Å². The van der Waals surface area contributed by atoms with Gasteiger partial charge in [-0.3, -0.25) is 4.98 Å². The van der Waals surface area contributed by atoms with Gasteiger partial charge >= 0.3 is 5.97 Å². The Bertz CT molecular complexity index is 826. The van der Waals surface area contributed by atoms with E-state index in [0.29, 0.717) is 5.56 Å². The Morgan fingerprint density at radius 1 is 1.40 bits per heavy atom. The van der Waals surface area contributed by atoms with Gasteiger partial charge in [0.05, 0.1) is 11.2 Å². The summed E-state index contributed by atoms with van der Waals surface area (Å²) < 4.78 is 2.45. The van der Waals surface area contributed by atoms with Gasteiger partial charge in [0.2, 0.25) is 0 Å². The molecule has 3 aromatic rings. The van der Waals surface area contributed by atoms with Crippen LogP contribution in [0.2, 0.25) is 0 Å². The fourth-order valence-corrected chi connectivity index (χ4v) is 2.45. The average Bonchev–Trinajstić information content (AvgIpc) is 2.79. The first-order chi connectivity index (χ1) is 9.56. The van der Waals surface area contributed by atoms with Gasteiger partial charge in [0.1, 0.15) is 0 Å². The Balaban J connectivity index is 2.24. The van der Waals surface area contributed by atoms with E-state index >= 15 is 0 Å². The van der Waals surface area contributed by atoms with Crippen LogP contribution in [0.15, 0.2) is 41.1 Å². The monoisotopic (exact) mass is 331 g/mol. The summed E-state index contributed by atoms with van der Waals surface area (Å²) in [4.78, 5) is 15.5. The summed E-state index contributed by atoms with van der Waals surface area (Å²) in [5, 5.41) is 14.2. The molecule has 0 radical (unpaired) electrons. The zero-order valence-corrected chi connectivity index (χ0v) is 12.1. The molecule has 0 unspecified atom stereocenters. The molecule has 0 aliphatic rings. The molecule has 1 aromatic carbocycles. The maximum atomic E-state index is 11.1. The van der Waals surface area contributed by atoms with Crippen LogP contribution in [0, 0.1) is 6.92 Å². The normalized spacial score (nSPS) is 10.9. The molecule has 2 aromatic heterocycles. The Morgan fingerprint density at radius 3 is 2.90 bits per heavy atom. The number of carboxylic acids is 1. The van der Waals surface area contributed by atoms with Crippen molar-refractivity contribution in [3.8, 4) is 5.69 Å². The van der Waals surface area contributed by atoms with E-state index in [2.05, 4.69) is 26.0 Å². The largest absolute Gasteiger partial charge is 0.476 e. The summed E-state index contributed by atoms with van der Waals surface area (Å²) in [6.45, 7) is 1.72. The molecule has 0 saturated carbocycles. The smallest absolute Gasteiger partial charge is 0.356 e. The van der Waals surface area contributed by atoms with Gasteiger partial charge in [-0.1, -0.05) is 12.1 Å². The second kappa shape index (κ2) is 4.72. The number of rotatable bonds is 2. The Labute approximate surface area is 123 Å². The predicted octanol–water partition coefficient (Wildman–Crippen LogP) is 3.19. The molecule has 1 N–H and O–H groups in total. The third kappa shape index (κ3) is 2.08. The number of carbonyl (C=O) groups is 1. The van der Waals surface area contributed by atoms with Crippen LogP contribution in [0.3, 0.4) is 0 Å². The van der Waals surface area contributed by atoms with Crippen molar-refractivity contribution in [3.05, 3.63) is 52.4 Å². The van der Waals surface area contributed by atoms with Gasteiger partial charge in [-0.25, -0.2) is 9.48 Å². The fraction of sp³-hybridized carbons (Fsp3) is 0.0714. The summed E-state index contributed by atoms with van der Waals surface area (Å²) in [5.74, 6) is -1.03. The van der Waals surface area contributed by atoms with Crippen molar-refractivity contribution in [1.29, 1.82) is 0 Å². The number of aromatic carboxylic acids is 1. The number of hydrogen-bond acceptors (Lipinski definition) is 3. The van der Waals surface area contributed by atoms with E-state index in [1.165, 1.54) is 0 Å². The zero-order chi connectivity index (χ0) is 14.3. The Morgan fingerprint density at radius 2 is 2.20 bits per heavy atom. The quantitative estimate of drug-likeness (QED) is 0.783. The molecular weight excluding hydrogens is 322 g/mol. The maximum absolute atomic E-state index is 11.1. The Kier molecular flexibility index (Phi) is 3.02. The van der Waals surface area contributed by atoms with Crippen LogP contribution in [0.1, 0.15) is 16.1 Å². The highest BCUT2D eigenvalue weighted by molar-refractivity contribution is 9.10. The first kappa shape index (κ1) is 12.8. The molecular formula is C14H10BrN3O2. The number of hydrogen-bond donors (Lipinski definition) is 1.